The SMILES string of the molecule is CC1(F)C(F)=C[CH]C(F)=C1F. The quantitative estimate of drug-likeness (QED) is 0.484. The number of allylic oxidation sites excluding steroid dienone is 4. The maximum Gasteiger partial charge on any atom is 0.212 e. The van der Waals surface area contributed by atoms with E-state index in [1.54, 1.807) is 0 Å². The third kappa shape index (κ3) is 1.17. The van der Waals surface area contributed by atoms with E-state index >= 15 is 0 Å². The summed E-state index contributed by atoms with van der Waals surface area (Å²) in [5.74, 6) is -4.40. The fourth-order valence-electron chi connectivity index (χ4n) is 0.705. The van der Waals surface area contributed by atoms with Crippen LogP contribution < -0.4 is 0 Å². The molecule has 0 saturated heterocycles. The van der Waals surface area contributed by atoms with E-state index in [4.69, 9.17) is 0 Å². The van der Waals surface area contributed by atoms with Crippen molar-refractivity contribution in [1.82, 2.24) is 0 Å². The summed E-state index contributed by atoms with van der Waals surface area (Å²) in [5, 5.41) is 0. The van der Waals surface area contributed by atoms with Crippen molar-refractivity contribution in [2.75, 3.05) is 0 Å². The fraction of sp³-hybridized carbons (Fsp3) is 0.286. The summed E-state index contributed by atoms with van der Waals surface area (Å²) in [4.78, 5) is 0. The molecule has 0 nitrogen and oxygen atoms in total. The van der Waals surface area contributed by atoms with Gasteiger partial charge in [-0.2, -0.15) is 0 Å². The van der Waals surface area contributed by atoms with Gasteiger partial charge in [-0.3, -0.25) is 0 Å². The van der Waals surface area contributed by atoms with Crippen LogP contribution >= 0.6 is 0 Å². The standard InChI is InChI=1S/C7H5F4/c1-7(11)5(9)3-2-4(8)6(7)10/h2-3H,1H3. The first kappa shape index (κ1) is 8.30. The molecule has 0 amide bonds. The molecule has 1 radical (unpaired) electrons. The van der Waals surface area contributed by atoms with Gasteiger partial charge in [-0.05, 0) is 13.0 Å². The summed E-state index contributed by atoms with van der Waals surface area (Å²) < 4.78 is 49.8. The predicted octanol–water partition coefficient (Wildman–Crippen LogP) is 2.94. The van der Waals surface area contributed by atoms with E-state index in [1.165, 1.54) is 0 Å². The van der Waals surface area contributed by atoms with Crippen LogP contribution in [0.15, 0.2) is 23.6 Å². The van der Waals surface area contributed by atoms with Crippen molar-refractivity contribution >= 4 is 0 Å². The predicted molar refractivity (Wildman–Crippen MR) is 32.2 cm³/mol. The third-order valence-electron chi connectivity index (χ3n) is 1.45. The second kappa shape index (κ2) is 2.36. The molecule has 0 aromatic heterocycles. The fourth-order valence-corrected chi connectivity index (χ4v) is 0.705. The largest absolute Gasteiger partial charge is 0.228 e. The van der Waals surface area contributed by atoms with Gasteiger partial charge in [0.2, 0.25) is 5.67 Å². The number of hydrogen-bond donors (Lipinski definition) is 0. The minimum absolute atomic E-state index is 0.548. The van der Waals surface area contributed by atoms with Crippen molar-refractivity contribution in [3.05, 3.63) is 30.0 Å². The first-order chi connectivity index (χ1) is 4.96. The van der Waals surface area contributed by atoms with Crippen LogP contribution in [0.3, 0.4) is 0 Å². The van der Waals surface area contributed by atoms with Crippen LogP contribution in [0, 0.1) is 6.42 Å². The van der Waals surface area contributed by atoms with Gasteiger partial charge < -0.3 is 0 Å². The molecule has 0 spiro atoms. The monoisotopic (exact) mass is 165 g/mol. The average Bonchev–Trinajstić information content (AvgIpc) is 1.95. The van der Waals surface area contributed by atoms with Gasteiger partial charge in [0.05, 0.1) is 0 Å². The molecule has 11 heavy (non-hydrogen) atoms. The van der Waals surface area contributed by atoms with Crippen molar-refractivity contribution in [2.45, 2.75) is 12.6 Å². The molecule has 1 atom stereocenters. The zero-order chi connectivity index (χ0) is 8.65. The van der Waals surface area contributed by atoms with Gasteiger partial charge in [-0.1, -0.05) is 0 Å². The number of halogens is 4. The van der Waals surface area contributed by atoms with Gasteiger partial charge in [-0.15, -0.1) is 0 Å². The molecule has 61 valence electrons. The van der Waals surface area contributed by atoms with Crippen molar-refractivity contribution < 1.29 is 17.6 Å². The Morgan fingerprint density at radius 1 is 1.27 bits per heavy atom. The van der Waals surface area contributed by atoms with Crippen LogP contribution in [0.4, 0.5) is 17.6 Å². The van der Waals surface area contributed by atoms with Gasteiger partial charge in [0.1, 0.15) is 11.7 Å². The number of rotatable bonds is 0. The van der Waals surface area contributed by atoms with Crippen molar-refractivity contribution in [2.24, 2.45) is 0 Å². The highest BCUT2D eigenvalue weighted by Gasteiger charge is 2.40. The van der Waals surface area contributed by atoms with Crippen LogP contribution in [0.25, 0.3) is 0 Å². The molecule has 1 aliphatic rings. The average molecular weight is 165 g/mol. The minimum atomic E-state index is -2.93. The van der Waals surface area contributed by atoms with E-state index in [9.17, 15) is 17.6 Å². The summed E-state index contributed by atoms with van der Waals surface area (Å²) >= 11 is 0. The first-order valence-corrected chi connectivity index (χ1v) is 2.92. The molecule has 4 heteroatoms. The lowest BCUT2D eigenvalue weighted by atomic mass is 9.99. The summed E-state index contributed by atoms with van der Waals surface area (Å²) in [6, 6.07) is 0. The smallest absolute Gasteiger partial charge is 0.212 e. The van der Waals surface area contributed by atoms with Crippen LogP contribution in [-0.2, 0) is 0 Å². The lowest BCUT2D eigenvalue weighted by Crippen LogP contribution is -2.23. The Hall–Kier alpha value is -0.800. The molecule has 0 aromatic carbocycles. The van der Waals surface area contributed by atoms with Gasteiger partial charge >= 0.3 is 0 Å². The second-order valence-corrected chi connectivity index (χ2v) is 2.35. The first-order valence-electron chi connectivity index (χ1n) is 2.92. The van der Waals surface area contributed by atoms with Crippen molar-refractivity contribution in [3.8, 4) is 0 Å². The van der Waals surface area contributed by atoms with E-state index in [2.05, 4.69) is 0 Å². The molecular formula is C7H5F4. The Balaban J connectivity index is 3.07. The van der Waals surface area contributed by atoms with E-state index in [0.717, 1.165) is 0 Å². The molecule has 0 bridgehead atoms. The second-order valence-electron chi connectivity index (χ2n) is 2.35. The van der Waals surface area contributed by atoms with E-state index < -0.39 is 23.1 Å². The lowest BCUT2D eigenvalue weighted by Gasteiger charge is -2.19. The van der Waals surface area contributed by atoms with Crippen molar-refractivity contribution in [1.29, 1.82) is 0 Å². The molecule has 0 saturated carbocycles. The van der Waals surface area contributed by atoms with Gasteiger partial charge in [0, 0.05) is 6.42 Å². The summed E-state index contributed by atoms with van der Waals surface area (Å²) in [6.07, 6.45) is 1.12. The van der Waals surface area contributed by atoms with Crippen LogP contribution in [0.2, 0.25) is 0 Å². The molecule has 0 aliphatic heterocycles. The maximum atomic E-state index is 12.8. The van der Waals surface area contributed by atoms with E-state index in [1.807, 2.05) is 0 Å². The molecule has 0 N–H and O–H groups in total. The van der Waals surface area contributed by atoms with Crippen LogP contribution in [0.5, 0.6) is 0 Å². The van der Waals surface area contributed by atoms with Gasteiger partial charge in [0.25, 0.3) is 0 Å². The minimum Gasteiger partial charge on any atom is -0.228 e. The van der Waals surface area contributed by atoms with Crippen molar-refractivity contribution in [3.63, 3.8) is 0 Å². The lowest BCUT2D eigenvalue weighted by molar-refractivity contribution is 0.194. The summed E-state index contributed by atoms with van der Waals surface area (Å²) in [5.41, 5.74) is -2.93. The molecule has 0 aromatic rings. The molecule has 1 rings (SSSR count). The third-order valence-corrected chi connectivity index (χ3v) is 1.45. The molecule has 1 unspecified atom stereocenters. The zero-order valence-electron chi connectivity index (χ0n) is 5.67. The van der Waals surface area contributed by atoms with Crippen LogP contribution in [0.1, 0.15) is 6.92 Å². The Morgan fingerprint density at radius 3 is 2.27 bits per heavy atom. The highest BCUT2D eigenvalue weighted by molar-refractivity contribution is 5.37. The topological polar surface area (TPSA) is 0 Å². The molecule has 0 fully saturated rings. The maximum absolute atomic E-state index is 12.8. The Bertz CT molecular complexity index is 237. The highest BCUT2D eigenvalue weighted by Crippen LogP contribution is 2.38. The van der Waals surface area contributed by atoms with Crippen LogP contribution in [-0.4, -0.2) is 5.67 Å². The molecular weight excluding hydrogens is 160 g/mol. The Kier molecular flexibility index (Phi) is 1.78. The van der Waals surface area contributed by atoms with E-state index in [-0.39, 0.29) is 0 Å². The highest BCUT2D eigenvalue weighted by atomic mass is 19.2. The molecule has 1 aliphatic carbocycles. The Labute approximate surface area is 61.2 Å². The normalized spacial score (nSPS) is 32.3. The van der Waals surface area contributed by atoms with Gasteiger partial charge in [0.15, 0.2) is 5.83 Å². The molecule has 0 heterocycles. The van der Waals surface area contributed by atoms with Gasteiger partial charge in [-0.25, -0.2) is 17.6 Å². The van der Waals surface area contributed by atoms with E-state index in [0.29, 0.717) is 19.4 Å². The number of alkyl halides is 1. The number of hydrogen-bond acceptors (Lipinski definition) is 0. The zero-order valence-corrected chi connectivity index (χ0v) is 5.67. The summed E-state index contributed by atoms with van der Waals surface area (Å²) in [6.45, 7) is 0.626. The Morgan fingerprint density at radius 2 is 1.82 bits per heavy atom. The summed E-state index contributed by atoms with van der Waals surface area (Å²) in [7, 11) is 0.